The largest absolute Gasteiger partial charge is 0.308 e. The highest BCUT2D eigenvalue weighted by Crippen LogP contribution is 2.31. The van der Waals surface area contributed by atoms with Gasteiger partial charge in [-0.05, 0) is 37.8 Å². The molecule has 0 amide bonds. The topological polar surface area (TPSA) is 63.6 Å². The molecule has 1 atom stereocenters. The van der Waals surface area contributed by atoms with E-state index < -0.39 is 0 Å². The summed E-state index contributed by atoms with van der Waals surface area (Å²) in [5, 5.41) is 18.0. The molecule has 1 unspecified atom stereocenters. The Bertz CT molecular complexity index is 493. The molecule has 0 bridgehead atoms. The van der Waals surface area contributed by atoms with E-state index in [1.165, 1.54) is 11.5 Å². The van der Waals surface area contributed by atoms with Crippen molar-refractivity contribution in [2.45, 2.75) is 39.7 Å². The maximum atomic E-state index is 4.26. The predicted octanol–water partition coefficient (Wildman–Crippen LogP) is 2.68. The zero-order valence-corrected chi connectivity index (χ0v) is 12.4. The summed E-state index contributed by atoms with van der Waals surface area (Å²) >= 11 is 3.02. The number of nitrogens with zero attached hydrogens (tertiary/aromatic N) is 4. The van der Waals surface area contributed by atoms with Gasteiger partial charge in [0.05, 0.1) is 11.7 Å². The van der Waals surface area contributed by atoms with Crippen LogP contribution in [0.15, 0.2) is 0 Å². The van der Waals surface area contributed by atoms with Gasteiger partial charge in [0, 0.05) is 0 Å². The van der Waals surface area contributed by atoms with Crippen molar-refractivity contribution in [2.24, 2.45) is 0 Å². The monoisotopic (exact) mass is 283 g/mol. The Morgan fingerprint density at radius 2 is 2.06 bits per heavy atom. The second-order valence-electron chi connectivity index (χ2n) is 4.02. The fourth-order valence-electron chi connectivity index (χ4n) is 1.55. The summed E-state index contributed by atoms with van der Waals surface area (Å²) in [6.07, 6.45) is 2.00. The first-order valence-corrected chi connectivity index (χ1v) is 7.73. The van der Waals surface area contributed by atoms with Gasteiger partial charge < -0.3 is 5.32 Å². The zero-order valence-electron chi connectivity index (χ0n) is 10.8. The van der Waals surface area contributed by atoms with Gasteiger partial charge in [-0.3, -0.25) is 0 Å². The van der Waals surface area contributed by atoms with Gasteiger partial charge in [0.25, 0.3) is 0 Å². The lowest BCUT2D eigenvalue weighted by Crippen LogP contribution is -2.18. The van der Waals surface area contributed by atoms with Gasteiger partial charge in [-0.2, -0.15) is 0 Å². The lowest BCUT2D eigenvalue weighted by molar-refractivity contribution is 0.564. The van der Waals surface area contributed by atoms with E-state index in [-0.39, 0.29) is 6.04 Å². The molecule has 0 saturated carbocycles. The highest BCUT2D eigenvalue weighted by molar-refractivity contribution is 7.19. The Hall–Kier alpha value is -0.920. The molecule has 98 valence electrons. The molecule has 7 heteroatoms. The Balaban J connectivity index is 2.15. The van der Waals surface area contributed by atoms with Crippen LogP contribution in [0.2, 0.25) is 0 Å². The molecule has 0 fully saturated rings. The molecular weight excluding hydrogens is 266 g/mol. The Kier molecular flexibility index (Phi) is 4.73. The Labute approximate surface area is 115 Å². The summed E-state index contributed by atoms with van der Waals surface area (Å²) in [5.41, 5.74) is 1.01. The van der Waals surface area contributed by atoms with E-state index in [9.17, 15) is 0 Å². The van der Waals surface area contributed by atoms with Gasteiger partial charge in [0.15, 0.2) is 5.01 Å². The zero-order chi connectivity index (χ0) is 13.0. The maximum Gasteiger partial charge on any atom is 0.161 e. The van der Waals surface area contributed by atoms with E-state index in [1.807, 2.05) is 0 Å². The van der Waals surface area contributed by atoms with Crippen LogP contribution in [0.1, 0.15) is 43.9 Å². The fourth-order valence-corrected chi connectivity index (χ4v) is 3.25. The van der Waals surface area contributed by atoms with Crippen LogP contribution in [-0.4, -0.2) is 26.3 Å². The summed E-state index contributed by atoms with van der Waals surface area (Å²) in [6.45, 7) is 7.35. The van der Waals surface area contributed by atoms with Crippen molar-refractivity contribution in [1.29, 1.82) is 0 Å². The summed E-state index contributed by atoms with van der Waals surface area (Å²) in [5.74, 6) is 0. The normalized spacial score (nSPS) is 12.8. The fraction of sp³-hybridized carbons (Fsp3) is 0.636. The van der Waals surface area contributed by atoms with Crippen molar-refractivity contribution in [1.82, 2.24) is 25.1 Å². The van der Waals surface area contributed by atoms with E-state index in [2.05, 4.69) is 45.9 Å². The van der Waals surface area contributed by atoms with E-state index in [4.69, 9.17) is 0 Å². The first-order valence-electron chi connectivity index (χ1n) is 6.14. The van der Waals surface area contributed by atoms with Gasteiger partial charge >= 0.3 is 0 Å². The van der Waals surface area contributed by atoms with Crippen molar-refractivity contribution >= 4 is 22.9 Å². The average molecular weight is 283 g/mol. The molecule has 0 spiro atoms. The Morgan fingerprint density at radius 1 is 1.22 bits per heavy atom. The molecule has 0 saturated heterocycles. The standard InChI is InChI=1S/C11H17N5S2/c1-4-6-12-7(3)10-14-15-11(17-10)9-8(5-2)13-16-18-9/h7,12H,4-6H2,1-3H3. The van der Waals surface area contributed by atoms with E-state index in [0.29, 0.717) is 0 Å². The van der Waals surface area contributed by atoms with Crippen LogP contribution >= 0.6 is 22.9 Å². The van der Waals surface area contributed by atoms with Crippen molar-refractivity contribution in [3.05, 3.63) is 10.7 Å². The first kappa shape index (κ1) is 13.5. The second kappa shape index (κ2) is 6.31. The summed E-state index contributed by atoms with van der Waals surface area (Å²) in [6, 6.07) is 0.252. The number of hydrogen-bond donors (Lipinski definition) is 1. The summed E-state index contributed by atoms with van der Waals surface area (Å²) in [4.78, 5) is 1.06. The van der Waals surface area contributed by atoms with Crippen LogP contribution < -0.4 is 5.32 Å². The van der Waals surface area contributed by atoms with Crippen LogP contribution in [-0.2, 0) is 6.42 Å². The molecule has 2 aromatic heterocycles. The molecule has 2 aromatic rings. The molecule has 5 nitrogen and oxygen atoms in total. The number of hydrogen-bond acceptors (Lipinski definition) is 7. The molecule has 0 aliphatic heterocycles. The second-order valence-corrected chi connectivity index (χ2v) is 5.79. The predicted molar refractivity (Wildman–Crippen MR) is 74.9 cm³/mol. The molecule has 2 heterocycles. The highest BCUT2D eigenvalue weighted by atomic mass is 32.1. The molecule has 0 radical (unpaired) electrons. The number of rotatable bonds is 6. The third-order valence-electron chi connectivity index (χ3n) is 2.60. The molecule has 0 aliphatic carbocycles. The summed E-state index contributed by atoms with van der Waals surface area (Å²) < 4.78 is 3.99. The minimum absolute atomic E-state index is 0.252. The van der Waals surface area contributed by atoms with Gasteiger partial charge in [-0.15, -0.1) is 15.3 Å². The number of nitrogens with one attached hydrogen (secondary N) is 1. The minimum Gasteiger partial charge on any atom is -0.308 e. The van der Waals surface area contributed by atoms with Gasteiger partial charge in [0.2, 0.25) is 0 Å². The molecule has 0 aliphatic rings. The lowest BCUT2D eigenvalue weighted by Gasteiger charge is -2.08. The van der Waals surface area contributed by atoms with Gasteiger partial charge in [0.1, 0.15) is 9.88 Å². The van der Waals surface area contributed by atoms with Gasteiger partial charge in [-0.1, -0.05) is 29.7 Å². The van der Waals surface area contributed by atoms with Crippen molar-refractivity contribution in [3.8, 4) is 9.88 Å². The van der Waals surface area contributed by atoms with E-state index in [0.717, 1.165) is 40.0 Å². The third-order valence-corrected chi connectivity index (χ3v) is 4.62. The third kappa shape index (κ3) is 2.90. The van der Waals surface area contributed by atoms with Crippen molar-refractivity contribution < 1.29 is 0 Å². The first-order chi connectivity index (χ1) is 8.76. The quantitative estimate of drug-likeness (QED) is 0.883. The van der Waals surface area contributed by atoms with Crippen molar-refractivity contribution in [3.63, 3.8) is 0 Å². The smallest absolute Gasteiger partial charge is 0.161 e. The van der Waals surface area contributed by atoms with E-state index >= 15 is 0 Å². The van der Waals surface area contributed by atoms with Crippen LogP contribution in [0.5, 0.6) is 0 Å². The molecule has 2 rings (SSSR count). The van der Waals surface area contributed by atoms with Crippen LogP contribution in [0.3, 0.4) is 0 Å². The SMILES string of the molecule is CCCNC(C)c1nnc(-c2snnc2CC)s1. The van der Waals surface area contributed by atoms with Crippen LogP contribution in [0.4, 0.5) is 0 Å². The lowest BCUT2D eigenvalue weighted by atomic mass is 10.3. The summed E-state index contributed by atoms with van der Waals surface area (Å²) in [7, 11) is 0. The van der Waals surface area contributed by atoms with E-state index in [1.54, 1.807) is 11.3 Å². The maximum absolute atomic E-state index is 4.26. The number of aromatic nitrogens is 4. The number of aryl methyl sites for hydroxylation is 1. The molecular formula is C11H17N5S2. The Morgan fingerprint density at radius 3 is 2.78 bits per heavy atom. The van der Waals surface area contributed by atoms with Gasteiger partial charge in [-0.25, -0.2) is 0 Å². The average Bonchev–Trinajstić information content (AvgIpc) is 3.02. The van der Waals surface area contributed by atoms with Crippen LogP contribution in [0.25, 0.3) is 9.88 Å². The molecule has 1 N–H and O–H groups in total. The van der Waals surface area contributed by atoms with Crippen molar-refractivity contribution in [2.75, 3.05) is 6.54 Å². The molecule has 0 aromatic carbocycles. The highest BCUT2D eigenvalue weighted by Gasteiger charge is 2.16. The molecule has 18 heavy (non-hydrogen) atoms. The van der Waals surface area contributed by atoms with Crippen LogP contribution in [0, 0.1) is 0 Å². The minimum atomic E-state index is 0.252.